The third-order valence-electron chi connectivity index (χ3n) is 5.18. The van der Waals surface area contributed by atoms with Crippen LogP contribution in [-0.2, 0) is 9.59 Å². The van der Waals surface area contributed by atoms with E-state index in [1.807, 2.05) is 28.3 Å². The second-order valence-corrected chi connectivity index (χ2v) is 7.74. The lowest BCUT2D eigenvalue weighted by atomic mass is 9.95. The second-order valence-electron chi connectivity index (χ2n) is 6.82. The fraction of sp³-hybridized carbons (Fsp3) is 0.722. The molecule has 0 N–H and O–H groups in total. The Kier molecular flexibility index (Phi) is 5.87. The highest BCUT2D eigenvalue weighted by molar-refractivity contribution is 7.09. The highest BCUT2D eigenvalue weighted by atomic mass is 32.1. The Hall–Kier alpha value is -1.43. The normalized spacial score (nSPS) is 22.6. The van der Waals surface area contributed by atoms with Crippen LogP contribution in [0.5, 0.6) is 0 Å². The van der Waals surface area contributed by atoms with Crippen molar-refractivity contribution in [1.29, 1.82) is 0 Å². The molecule has 2 fully saturated rings. The minimum atomic E-state index is -0.228. The maximum absolute atomic E-state index is 13.0. The predicted molar refractivity (Wildman–Crippen MR) is 94.9 cm³/mol. The smallest absolute Gasteiger partial charge is 0.245 e. The van der Waals surface area contributed by atoms with Crippen LogP contribution in [0.2, 0.25) is 0 Å². The number of piperidine rings is 2. The molecule has 0 aliphatic carbocycles. The van der Waals surface area contributed by atoms with Gasteiger partial charge in [0.15, 0.2) is 0 Å². The molecule has 0 radical (unpaired) electrons. The Morgan fingerprint density at radius 3 is 2.67 bits per heavy atom. The molecule has 2 aliphatic rings. The zero-order chi connectivity index (χ0) is 16.9. The molecule has 1 aromatic heterocycles. The van der Waals surface area contributed by atoms with Crippen LogP contribution < -0.4 is 0 Å². The summed E-state index contributed by atoms with van der Waals surface area (Å²) in [6.07, 6.45) is 8.10. The highest BCUT2D eigenvalue weighted by Crippen LogP contribution is 2.30. The number of aromatic nitrogens is 1. The minimum Gasteiger partial charge on any atom is -0.341 e. The summed E-state index contributed by atoms with van der Waals surface area (Å²) in [4.78, 5) is 33.6. The Labute approximate surface area is 148 Å². The summed E-state index contributed by atoms with van der Waals surface area (Å²) in [5, 5.41) is 3.21. The standard InChI is InChI=1S/C18H27N3O2S/c1-2-5-16(22)21-10-4-3-6-15(21)18(23)20-11-7-14(8-12-20)17-19-9-13-24-17/h9,13-15H,2-8,10-12H2,1H3. The molecule has 24 heavy (non-hydrogen) atoms. The number of nitrogens with zero attached hydrogens (tertiary/aromatic N) is 3. The van der Waals surface area contributed by atoms with E-state index in [9.17, 15) is 9.59 Å². The maximum Gasteiger partial charge on any atom is 0.245 e. The quantitative estimate of drug-likeness (QED) is 0.839. The van der Waals surface area contributed by atoms with E-state index in [1.54, 1.807) is 11.3 Å². The van der Waals surface area contributed by atoms with Crippen LogP contribution in [0.1, 0.15) is 62.8 Å². The summed E-state index contributed by atoms with van der Waals surface area (Å²) in [5.41, 5.74) is 0. The van der Waals surface area contributed by atoms with Gasteiger partial charge in [-0.3, -0.25) is 9.59 Å². The lowest BCUT2D eigenvalue weighted by Crippen LogP contribution is -2.54. The molecule has 2 saturated heterocycles. The van der Waals surface area contributed by atoms with E-state index in [4.69, 9.17) is 0 Å². The first-order valence-corrected chi connectivity index (χ1v) is 10.1. The van der Waals surface area contributed by atoms with Gasteiger partial charge in [0.25, 0.3) is 0 Å². The number of thiazole rings is 1. The van der Waals surface area contributed by atoms with Gasteiger partial charge in [0.2, 0.25) is 11.8 Å². The summed E-state index contributed by atoms with van der Waals surface area (Å²) in [6.45, 7) is 4.33. The molecule has 1 atom stereocenters. The van der Waals surface area contributed by atoms with Gasteiger partial charge in [-0.15, -0.1) is 11.3 Å². The minimum absolute atomic E-state index is 0.147. The van der Waals surface area contributed by atoms with Crippen molar-refractivity contribution in [2.24, 2.45) is 0 Å². The van der Waals surface area contributed by atoms with Crippen molar-refractivity contribution in [3.63, 3.8) is 0 Å². The topological polar surface area (TPSA) is 53.5 Å². The largest absolute Gasteiger partial charge is 0.341 e. The number of amides is 2. The molecule has 0 saturated carbocycles. The van der Waals surface area contributed by atoms with Crippen molar-refractivity contribution in [2.45, 2.75) is 63.8 Å². The van der Waals surface area contributed by atoms with Crippen LogP contribution in [-0.4, -0.2) is 52.3 Å². The molecule has 5 nitrogen and oxygen atoms in total. The van der Waals surface area contributed by atoms with Gasteiger partial charge in [-0.2, -0.15) is 0 Å². The van der Waals surface area contributed by atoms with E-state index < -0.39 is 0 Å². The molecule has 132 valence electrons. The third-order valence-corrected chi connectivity index (χ3v) is 6.12. The first kappa shape index (κ1) is 17.4. The number of likely N-dealkylation sites (tertiary alicyclic amines) is 2. The van der Waals surface area contributed by atoms with E-state index in [-0.39, 0.29) is 17.9 Å². The summed E-state index contributed by atoms with van der Waals surface area (Å²) in [7, 11) is 0. The Balaban J connectivity index is 1.60. The number of rotatable bonds is 4. The average Bonchev–Trinajstić information content (AvgIpc) is 3.16. The van der Waals surface area contributed by atoms with E-state index in [0.717, 1.165) is 58.2 Å². The molecule has 0 bridgehead atoms. The van der Waals surface area contributed by atoms with Crippen LogP contribution in [0, 0.1) is 0 Å². The molecule has 0 aromatic carbocycles. The predicted octanol–water partition coefficient (Wildman–Crippen LogP) is 3.03. The van der Waals surface area contributed by atoms with Gasteiger partial charge in [0.1, 0.15) is 6.04 Å². The number of hydrogen-bond donors (Lipinski definition) is 0. The van der Waals surface area contributed by atoms with Crippen molar-refractivity contribution >= 4 is 23.2 Å². The average molecular weight is 350 g/mol. The van der Waals surface area contributed by atoms with E-state index in [2.05, 4.69) is 4.98 Å². The van der Waals surface area contributed by atoms with Crippen LogP contribution in [0.15, 0.2) is 11.6 Å². The number of carbonyl (C=O) groups excluding carboxylic acids is 2. The first-order chi connectivity index (χ1) is 11.7. The molecule has 3 rings (SSSR count). The first-order valence-electron chi connectivity index (χ1n) is 9.18. The Bertz CT molecular complexity index is 553. The van der Waals surface area contributed by atoms with Gasteiger partial charge in [-0.05, 0) is 38.5 Å². The van der Waals surface area contributed by atoms with Crippen molar-refractivity contribution in [2.75, 3.05) is 19.6 Å². The molecule has 3 heterocycles. The van der Waals surface area contributed by atoms with E-state index in [1.165, 1.54) is 5.01 Å². The van der Waals surface area contributed by atoms with Gasteiger partial charge in [-0.25, -0.2) is 4.98 Å². The Morgan fingerprint density at radius 2 is 2.00 bits per heavy atom. The van der Waals surface area contributed by atoms with Crippen molar-refractivity contribution in [3.8, 4) is 0 Å². The zero-order valence-corrected chi connectivity index (χ0v) is 15.3. The summed E-state index contributed by atoms with van der Waals surface area (Å²) in [5.74, 6) is 0.795. The molecule has 2 amide bonds. The lowest BCUT2D eigenvalue weighted by Gasteiger charge is -2.39. The molecule has 2 aliphatic heterocycles. The van der Waals surface area contributed by atoms with Crippen LogP contribution in [0.4, 0.5) is 0 Å². The van der Waals surface area contributed by atoms with Gasteiger partial charge in [0.05, 0.1) is 5.01 Å². The Morgan fingerprint density at radius 1 is 1.21 bits per heavy atom. The monoisotopic (exact) mass is 349 g/mol. The lowest BCUT2D eigenvalue weighted by molar-refractivity contribution is -0.148. The maximum atomic E-state index is 13.0. The van der Waals surface area contributed by atoms with E-state index >= 15 is 0 Å². The number of carbonyl (C=O) groups is 2. The molecular formula is C18H27N3O2S. The summed E-state index contributed by atoms with van der Waals surface area (Å²) >= 11 is 1.71. The molecule has 0 spiro atoms. The highest BCUT2D eigenvalue weighted by Gasteiger charge is 2.35. The molecule has 6 heteroatoms. The van der Waals surface area contributed by atoms with E-state index in [0.29, 0.717) is 12.3 Å². The van der Waals surface area contributed by atoms with Crippen molar-refractivity contribution in [3.05, 3.63) is 16.6 Å². The van der Waals surface area contributed by atoms with Crippen LogP contribution in [0.25, 0.3) is 0 Å². The SMILES string of the molecule is CCCC(=O)N1CCCCC1C(=O)N1CCC(c2nccs2)CC1. The summed E-state index contributed by atoms with van der Waals surface area (Å²) in [6, 6.07) is -0.228. The molecule has 1 unspecified atom stereocenters. The fourth-order valence-corrected chi connectivity index (χ4v) is 4.65. The van der Waals surface area contributed by atoms with Gasteiger partial charge >= 0.3 is 0 Å². The van der Waals surface area contributed by atoms with Gasteiger partial charge in [0, 0.05) is 43.5 Å². The second kappa shape index (κ2) is 8.10. The fourth-order valence-electron chi connectivity index (χ4n) is 3.84. The van der Waals surface area contributed by atoms with Crippen molar-refractivity contribution < 1.29 is 9.59 Å². The molecular weight excluding hydrogens is 322 g/mol. The number of hydrogen-bond acceptors (Lipinski definition) is 4. The van der Waals surface area contributed by atoms with Gasteiger partial charge in [-0.1, -0.05) is 6.92 Å². The van der Waals surface area contributed by atoms with Crippen molar-refractivity contribution in [1.82, 2.24) is 14.8 Å². The van der Waals surface area contributed by atoms with Crippen LogP contribution in [0.3, 0.4) is 0 Å². The van der Waals surface area contributed by atoms with Crippen LogP contribution >= 0.6 is 11.3 Å². The zero-order valence-electron chi connectivity index (χ0n) is 14.4. The third kappa shape index (κ3) is 3.79. The summed E-state index contributed by atoms with van der Waals surface area (Å²) < 4.78 is 0. The molecule has 1 aromatic rings. The van der Waals surface area contributed by atoms with Gasteiger partial charge < -0.3 is 9.80 Å².